The lowest BCUT2D eigenvalue weighted by Gasteiger charge is -2.33. The summed E-state index contributed by atoms with van der Waals surface area (Å²) in [7, 11) is 1.90. The quantitative estimate of drug-likeness (QED) is 0.736. The lowest BCUT2D eigenvalue weighted by Crippen LogP contribution is -2.47. The third kappa shape index (κ3) is 4.55. The predicted molar refractivity (Wildman–Crippen MR) is 116 cm³/mol. The Labute approximate surface area is 183 Å². The molecule has 2 aromatic rings. The van der Waals surface area contributed by atoms with Crippen LogP contribution in [0.5, 0.6) is 0 Å². The second-order valence-electron chi connectivity index (χ2n) is 9.02. The monoisotopic (exact) mass is 427 g/mol. The molecule has 0 aromatic carbocycles. The number of furan rings is 1. The van der Waals surface area contributed by atoms with Crippen molar-refractivity contribution in [1.82, 2.24) is 15.0 Å². The van der Waals surface area contributed by atoms with Gasteiger partial charge >= 0.3 is 0 Å². The first-order chi connectivity index (χ1) is 15.0. The fourth-order valence-electron chi connectivity index (χ4n) is 5.06. The Morgan fingerprint density at radius 2 is 1.87 bits per heavy atom. The molecule has 0 spiro atoms. The van der Waals surface area contributed by atoms with E-state index < -0.39 is 0 Å². The van der Waals surface area contributed by atoms with Crippen molar-refractivity contribution < 1.29 is 18.5 Å². The van der Waals surface area contributed by atoms with Crippen LogP contribution in [-0.2, 0) is 11.2 Å². The van der Waals surface area contributed by atoms with E-state index in [0.29, 0.717) is 18.7 Å². The Hall–Kier alpha value is -2.57. The third-order valence-corrected chi connectivity index (χ3v) is 6.88. The molecule has 0 bridgehead atoms. The van der Waals surface area contributed by atoms with Gasteiger partial charge in [-0.2, -0.15) is 0 Å². The first-order valence-corrected chi connectivity index (χ1v) is 11.5. The van der Waals surface area contributed by atoms with E-state index in [1.54, 1.807) is 6.07 Å². The van der Waals surface area contributed by atoms with Crippen LogP contribution in [-0.4, -0.2) is 52.9 Å². The molecule has 7 nitrogen and oxygen atoms in total. The van der Waals surface area contributed by atoms with Crippen LogP contribution in [0.3, 0.4) is 0 Å². The number of amides is 2. The average Bonchev–Trinajstić information content (AvgIpc) is 3.49. The molecule has 2 atom stereocenters. The summed E-state index contributed by atoms with van der Waals surface area (Å²) in [6.07, 6.45) is 7.39. The lowest BCUT2D eigenvalue weighted by atomic mass is 9.99. The fourth-order valence-corrected chi connectivity index (χ4v) is 5.06. The van der Waals surface area contributed by atoms with Crippen molar-refractivity contribution in [3.05, 3.63) is 40.7 Å². The zero-order chi connectivity index (χ0) is 22.0. The molecule has 0 N–H and O–H groups in total. The molecule has 2 fully saturated rings. The van der Waals surface area contributed by atoms with Crippen LogP contribution < -0.4 is 0 Å². The number of carbonyl (C=O) groups is 2. The van der Waals surface area contributed by atoms with E-state index in [4.69, 9.17) is 8.94 Å². The first kappa shape index (κ1) is 21.7. The van der Waals surface area contributed by atoms with E-state index in [1.165, 1.54) is 0 Å². The Bertz CT molecular complexity index is 912. The van der Waals surface area contributed by atoms with Crippen molar-refractivity contribution in [2.75, 3.05) is 20.1 Å². The van der Waals surface area contributed by atoms with Crippen LogP contribution in [0.15, 0.2) is 21.1 Å². The second kappa shape index (κ2) is 9.28. The summed E-state index contributed by atoms with van der Waals surface area (Å²) in [5.41, 5.74) is 1.83. The number of rotatable bonds is 3. The molecule has 31 heavy (non-hydrogen) atoms. The van der Waals surface area contributed by atoms with Gasteiger partial charge in [0.15, 0.2) is 5.76 Å². The highest BCUT2D eigenvalue weighted by atomic mass is 16.5. The molecule has 1 saturated heterocycles. The molecular formula is C24H33N3O4. The second-order valence-corrected chi connectivity index (χ2v) is 9.02. The predicted octanol–water partition coefficient (Wildman–Crippen LogP) is 4.12. The van der Waals surface area contributed by atoms with Gasteiger partial charge < -0.3 is 18.7 Å². The van der Waals surface area contributed by atoms with Crippen molar-refractivity contribution in [1.29, 1.82) is 0 Å². The van der Waals surface area contributed by atoms with Crippen LogP contribution in [0.2, 0.25) is 0 Å². The van der Waals surface area contributed by atoms with Gasteiger partial charge in [0.25, 0.3) is 5.91 Å². The fraction of sp³-hybridized carbons (Fsp3) is 0.625. The van der Waals surface area contributed by atoms with Gasteiger partial charge in [0.1, 0.15) is 11.5 Å². The maximum Gasteiger partial charge on any atom is 0.289 e. The van der Waals surface area contributed by atoms with Gasteiger partial charge in [-0.1, -0.05) is 24.4 Å². The molecule has 2 aliphatic rings. The van der Waals surface area contributed by atoms with Gasteiger partial charge in [-0.05, 0) is 51.7 Å². The standard InChI is InChI=1S/C24H33N3O4/c1-16-20(17(2)31-25-16)15-18-11-12-22(30-18)24(29)27-14-7-5-4-6-13-26(3)23(28)19-9-8-10-21(19)27/h11-12,19,21H,4-10,13-15H2,1-3H3/t19-,21+/m1/s1. The molecule has 0 radical (unpaired) electrons. The van der Waals surface area contributed by atoms with Crippen molar-refractivity contribution in [2.45, 2.75) is 71.3 Å². The summed E-state index contributed by atoms with van der Waals surface area (Å²) >= 11 is 0. The highest BCUT2D eigenvalue weighted by Crippen LogP contribution is 2.33. The highest BCUT2D eigenvalue weighted by Gasteiger charge is 2.40. The van der Waals surface area contributed by atoms with E-state index in [0.717, 1.165) is 74.3 Å². The minimum atomic E-state index is -0.108. The number of hydrogen-bond donors (Lipinski definition) is 0. The van der Waals surface area contributed by atoms with Crippen LogP contribution in [0, 0.1) is 19.8 Å². The number of aryl methyl sites for hydroxylation is 2. The van der Waals surface area contributed by atoms with E-state index in [2.05, 4.69) is 5.16 Å². The molecule has 3 heterocycles. The summed E-state index contributed by atoms with van der Waals surface area (Å²) in [5, 5.41) is 3.99. The number of aromatic nitrogens is 1. The van der Waals surface area contributed by atoms with Crippen molar-refractivity contribution in [3.8, 4) is 0 Å². The van der Waals surface area contributed by atoms with Crippen LogP contribution in [0.1, 0.15) is 78.3 Å². The molecule has 168 valence electrons. The number of nitrogens with zero attached hydrogens (tertiary/aromatic N) is 3. The molecule has 2 amide bonds. The van der Waals surface area contributed by atoms with Crippen molar-refractivity contribution >= 4 is 11.8 Å². The summed E-state index contributed by atoms with van der Waals surface area (Å²) in [6.45, 7) is 5.27. The van der Waals surface area contributed by atoms with Gasteiger partial charge in [0, 0.05) is 38.2 Å². The zero-order valence-corrected chi connectivity index (χ0v) is 18.9. The normalized spacial score (nSPS) is 23.0. The smallest absolute Gasteiger partial charge is 0.289 e. The minimum Gasteiger partial charge on any atom is -0.456 e. The van der Waals surface area contributed by atoms with Crippen LogP contribution in [0.25, 0.3) is 0 Å². The van der Waals surface area contributed by atoms with Gasteiger partial charge in [-0.3, -0.25) is 9.59 Å². The van der Waals surface area contributed by atoms with Crippen molar-refractivity contribution in [2.24, 2.45) is 5.92 Å². The third-order valence-electron chi connectivity index (χ3n) is 6.88. The maximum atomic E-state index is 13.5. The van der Waals surface area contributed by atoms with Crippen LogP contribution in [0.4, 0.5) is 0 Å². The van der Waals surface area contributed by atoms with E-state index in [1.807, 2.05) is 36.8 Å². The molecule has 1 aliphatic heterocycles. The summed E-state index contributed by atoms with van der Waals surface area (Å²) in [4.78, 5) is 30.4. The molecule has 2 aromatic heterocycles. The summed E-state index contributed by atoms with van der Waals surface area (Å²) in [5.74, 6) is 1.81. The van der Waals surface area contributed by atoms with E-state index in [-0.39, 0.29) is 23.8 Å². The summed E-state index contributed by atoms with van der Waals surface area (Å²) in [6, 6.07) is 3.58. The molecule has 0 unspecified atom stereocenters. The first-order valence-electron chi connectivity index (χ1n) is 11.5. The Kier molecular flexibility index (Phi) is 6.49. The topological polar surface area (TPSA) is 79.8 Å². The van der Waals surface area contributed by atoms with Crippen molar-refractivity contribution in [3.63, 3.8) is 0 Å². The lowest BCUT2D eigenvalue weighted by molar-refractivity contribution is -0.135. The molecule has 1 saturated carbocycles. The number of carbonyl (C=O) groups excluding carboxylic acids is 2. The Morgan fingerprint density at radius 3 is 2.61 bits per heavy atom. The Morgan fingerprint density at radius 1 is 1.10 bits per heavy atom. The minimum absolute atomic E-state index is 0.0448. The maximum absolute atomic E-state index is 13.5. The van der Waals surface area contributed by atoms with Gasteiger partial charge in [0.2, 0.25) is 5.91 Å². The highest BCUT2D eigenvalue weighted by molar-refractivity contribution is 5.92. The van der Waals surface area contributed by atoms with Gasteiger partial charge in [-0.15, -0.1) is 0 Å². The van der Waals surface area contributed by atoms with Gasteiger partial charge in [0.05, 0.1) is 11.6 Å². The molecular weight excluding hydrogens is 394 g/mol. The zero-order valence-electron chi connectivity index (χ0n) is 18.9. The van der Waals surface area contributed by atoms with E-state index in [9.17, 15) is 9.59 Å². The van der Waals surface area contributed by atoms with Crippen LogP contribution >= 0.6 is 0 Å². The molecule has 7 heteroatoms. The molecule has 1 aliphatic carbocycles. The summed E-state index contributed by atoms with van der Waals surface area (Å²) < 4.78 is 11.2. The van der Waals surface area contributed by atoms with Gasteiger partial charge in [-0.25, -0.2) is 0 Å². The van der Waals surface area contributed by atoms with E-state index >= 15 is 0 Å². The Balaban J connectivity index is 1.55. The SMILES string of the molecule is Cc1noc(C)c1Cc1ccc(C(=O)N2CCCCCCN(C)C(=O)[C@@H]3CCC[C@@H]32)o1. The number of hydrogen-bond acceptors (Lipinski definition) is 5. The number of fused-ring (bicyclic) bond motifs is 1. The average molecular weight is 428 g/mol. The largest absolute Gasteiger partial charge is 0.456 e. The molecule has 4 rings (SSSR count).